The summed E-state index contributed by atoms with van der Waals surface area (Å²) in [6.07, 6.45) is 1.48. The highest BCUT2D eigenvalue weighted by atomic mass is 32.1. The molecule has 0 spiro atoms. The third-order valence-corrected chi connectivity index (χ3v) is 5.22. The van der Waals surface area contributed by atoms with Crippen LogP contribution < -0.4 is 10.1 Å². The van der Waals surface area contributed by atoms with Crippen LogP contribution in [0.2, 0.25) is 0 Å². The molecule has 27 heavy (non-hydrogen) atoms. The first-order valence-corrected chi connectivity index (χ1v) is 9.18. The molecule has 0 unspecified atom stereocenters. The number of aromatic nitrogens is 2. The van der Waals surface area contributed by atoms with E-state index in [9.17, 15) is 4.79 Å². The van der Waals surface area contributed by atoms with Crippen molar-refractivity contribution in [2.45, 2.75) is 13.8 Å². The molecular formula is C19H21N3O4S. The van der Waals surface area contributed by atoms with Crippen LogP contribution in [0.1, 0.15) is 20.8 Å². The zero-order valence-corrected chi connectivity index (χ0v) is 16.5. The second kappa shape index (κ2) is 8.32. The molecular weight excluding hydrogens is 366 g/mol. The number of anilines is 2. The Kier molecular flexibility index (Phi) is 5.88. The highest BCUT2D eigenvalue weighted by Gasteiger charge is 2.21. The number of hydrogen-bond donors (Lipinski definition) is 1. The first-order valence-electron chi connectivity index (χ1n) is 8.37. The molecule has 0 aliphatic rings. The number of hydrogen-bond acceptors (Lipinski definition) is 8. The monoisotopic (exact) mass is 387 g/mol. The summed E-state index contributed by atoms with van der Waals surface area (Å²) in [6.45, 7) is 4.44. The van der Waals surface area contributed by atoms with Gasteiger partial charge in [0.15, 0.2) is 0 Å². The number of esters is 1. The van der Waals surface area contributed by atoms with Gasteiger partial charge in [-0.15, -0.1) is 11.3 Å². The van der Waals surface area contributed by atoms with Crippen molar-refractivity contribution in [1.29, 1.82) is 0 Å². The number of methoxy groups -OCH3 is 2. The Morgan fingerprint density at radius 3 is 2.74 bits per heavy atom. The summed E-state index contributed by atoms with van der Waals surface area (Å²) in [6, 6.07) is 5.85. The number of benzene rings is 1. The Hall–Kier alpha value is -2.71. The van der Waals surface area contributed by atoms with Crippen LogP contribution in [0.15, 0.2) is 24.5 Å². The van der Waals surface area contributed by atoms with Gasteiger partial charge in [-0.1, -0.05) is 6.07 Å². The SMILES string of the molecule is COCCOC(=O)c1sc2ncnc(Nc3cc(C)ccc3OC)c2c1C. The van der Waals surface area contributed by atoms with Crippen molar-refractivity contribution in [3.05, 3.63) is 40.5 Å². The minimum atomic E-state index is -0.383. The molecule has 1 N–H and O–H groups in total. The van der Waals surface area contributed by atoms with Gasteiger partial charge in [0.2, 0.25) is 0 Å². The molecule has 7 nitrogen and oxygen atoms in total. The van der Waals surface area contributed by atoms with Gasteiger partial charge in [0.1, 0.15) is 34.2 Å². The molecule has 8 heteroatoms. The maximum absolute atomic E-state index is 12.4. The number of nitrogens with one attached hydrogen (secondary N) is 1. The number of aryl methyl sites for hydroxylation is 2. The van der Waals surface area contributed by atoms with Crippen LogP contribution in [0.25, 0.3) is 10.2 Å². The summed E-state index contributed by atoms with van der Waals surface area (Å²) >= 11 is 1.29. The number of thiophene rings is 1. The van der Waals surface area contributed by atoms with Gasteiger partial charge in [-0.05, 0) is 37.1 Å². The Morgan fingerprint density at radius 2 is 2.00 bits per heavy atom. The van der Waals surface area contributed by atoms with E-state index in [0.29, 0.717) is 23.1 Å². The van der Waals surface area contributed by atoms with E-state index >= 15 is 0 Å². The Balaban J connectivity index is 1.98. The number of ether oxygens (including phenoxy) is 3. The molecule has 3 rings (SSSR count). The number of carbonyl (C=O) groups excluding carboxylic acids is 1. The topological polar surface area (TPSA) is 82.6 Å². The molecule has 2 aromatic heterocycles. The van der Waals surface area contributed by atoms with E-state index in [-0.39, 0.29) is 12.6 Å². The quantitative estimate of drug-likeness (QED) is 0.487. The van der Waals surface area contributed by atoms with Gasteiger partial charge in [0, 0.05) is 7.11 Å². The van der Waals surface area contributed by atoms with Crippen molar-refractivity contribution in [3.63, 3.8) is 0 Å². The number of fused-ring (bicyclic) bond motifs is 1. The van der Waals surface area contributed by atoms with E-state index in [4.69, 9.17) is 14.2 Å². The van der Waals surface area contributed by atoms with Crippen LogP contribution in [-0.2, 0) is 9.47 Å². The first kappa shape index (κ1) is 19.1. The number of carbonyl (C=O) groups is 1. The Morgan fingerprint density at radius 1 is 1.19 bits per heavy atom. The minimum Gasteiger partial charge on any atom is -0.495 e. The van der Waals surface area contributed by atoms with Crippen LogP contribution in [0.5, 0.6) is 5.75 Å². The molecule has 3 aromatic rings. The van der Waals surface area contributed by atoms with Crippen LogP contribution in [0.3, 0.4) is 0 Å². The normalized spacial score (nSPS) is 10.8. The lowest BCUT2D eigenvalue weighted by Gasteiger charge is -2.12. The smallest absolute Gasteiger partial charge is 0.348 e. The maximum Gasteiger partial charge on any atom is 0.348 e. The summed E-state index contributed by atoms with van der Waals surface area (Å²) in [7, 11) is 3.18. The van der Waals surface area contributed by atoms with E-state index in [1.54, 1.807) is 14.2 Å². The Bertz CT molecular complexity index is 971. The van der Waals surface area contributed by atoms with Crippen LogP contribution >= 0.6 is 11.3 Å². The highest BCUT2D eigenvalue weighted by molar-refractivity contribution is 7.20. The molecule has 0 aliphatic carbocycles. The summed E-state index contributed by atoms with van der Waals surface area (Å²) in [4.78, 5) is 22.3. The highest BCUT2D eigenvalue weighted by Crippen LogP contribution is 2.36. The zero-order valence-electron chi connectivity index (χ0n) is 15.7. The van der Waals surface area contributed by atoms with Gasteiger partial charge in [0.25, 0.3) is 0 Å². The average molecular weight is 387 g/mol. The van der Waals surface area contributed by atoms with Gasteiger partial charge >= 0.3 is 5.97 Å². The van der Waals surface area contributed by atoms with Gasteiger partial charge in [-0.25, -0.2) is 14.8 Å². The molecule has 0 bridgehead atoms. The average Bonchev–Trinajstić information content (AvgIpc) is 3.00. The largest absolute Gasteiger partial charge is 0.495 e. The fourth-order valence-electron chi connectivity index (χ4n) is 2.69. The van der Waals surface area contributed by atoms with E-state index in [2.05, 4.69) is 15.3 Å². The third-order valence-electron chi connectivity index (χ3n) is 4.04. The summed E-state index contributed by atoms with van der Waals surface area (Å²) in [5.74, 6) is 0.944. The molecule has 0 aliphatic heterocycles. The van der Waals surface area contributed by atoms with E-state index in [0.717, 1.165) is 27.0 Å². The van der Waals surface area contributed by atoms with Crippen molar-refractivity contribution < 1.29 is 19.0 Å². The zero-order chi connectivity index (χ0) is 19.4. The second-order valence-corrected chi connectivity index (χ2v) is 6.92. The van der Waals surface area contributed by atoms with E-state index < -0.39 is 0 Å². The van der Waals surface area contributed by atoms with Gasteiger partial charge in [-0.2, -0.15) is 0 Å². The summed E-state index contributed by atoms with van der Waals surface area (Å²) < 4.78 is 15.6. The summed E-state index contributed by atoms with van der Waals surface area (Å²) in [5, 5.41) is 4.11. The van der Waals surface area contributed by atoms with Crippen LogP contribution in [0, 0.1) is 13.8 Å². The summed E-state index contributed by atoms with van der Waals surface area (Å²) in [5.41, 5.74) is 2.67. The lowest BCUT2D eigenvalue weighted by molar-refractivity contribution is 0.0393. The molecule has 0 saturated heterocycles. The lowest BCUT2D eigenvalue weighted by atomic mass is 10.1. The predicted molar refractivity (Wildman–Crippen MR) is 105 cm³/mol. The molecule has 142 valence electrons. The van der Waals surface area contributed by atoms with Crippen LogP contribution in [0.4, 0.5) is 11.5 Å². The van der Waals surface area contributed by atoms with E-state index in [1.807, 2.05) is 32.0 Å². The fourth-order valence-corrected chi connectivity index (χ4v) is 3.73. The molecule has 2 heterocycles. The number of rotatable bonds is 7. The first-order chi connectivity index (χ1) is 13.0. The molecule has 0 fully saturated rings. The molecule has 1 aromatic carbocycles. The fraction of sp³-hybridized carbons (Fsp3) is 0.316. The third kappa shape index (κ3) is 4.01. The van der Waals surface area contributed by atoms with Crippen molar-refractivity contribution >= 4 is 39.0 Å². The van der Waals surface area contributed by atoms with Gasteiger partial charge in [-0.3, -0.25) is 0 Å². The van der Waals surface area contributed by atoms with Crippen molar-refractivity contribution in [2.24, 2.45) is 0 Å². The standard InChI is InChI=1S/C19H21N3O4S/c1-11-5-6-14(25-4)13(9-11)22-17-15-12(2)16(19(23)26-8-7-24-3)27-18(15)21-10-20-17/h5-6,9-10H,7-8H2,1-4H3,(H,20,21,22). The lowest BCUT2D eigenvalue weighted by Crippen LogP contribution is -2.09. The molecule has 0 atom stereocenters. The predicted octanol–water partition coefficient (Wildman–Crippen LogP) is 3.86. The van der Waals surface area contributed by atoms with Crippen molar-refractivity contribution in [2.75, 3.05) is 32.8 Å². The molecule has 0 radical (unpaired) electrons. The Labute approximate surface area is 161 Å². The molecule has 0 amide bonds. The van der Waals surface area contributed by atoms with Gasteiger partial charge < -0.3 is 19.5 Å². The maximum atomic E-state index is 12.4. The number of nitrogens with zero attached hydrogens (tertiary/aromatic N) is 2. The minimum absolute atomic E-state index is 0.209. The van der Waals surface area contributed by atoms with E-state index in [1.165, 1.54) is 17.7 Å². The van der Waals surface area contributed by atoms with Gasteiger partial charge in [0.05, 0.1) is 24.8 Å². The van der Waals surface area contributed by atoms with Crippen molar-refractivity contribution in [1.82, 2.24) is 9.97 Å². The van der Waals surface area contributed by atoms with Crippen molar-refractivity contribution in [3.8, 4) is 5.75 Å². The molecule has 0 saturated carbocycles. The van der Waals surface area contributed by atoms with Crippen LogP contribution in [-0.4, -0.2) is 43.4 Å². The second-order valence-electron chi connectivity index (χ2n) is 5.92.